The summed E-state index contributed by atoms with van der Waals surface area (Å²) in [4.78, 5) is 11.9. The normalized spacial score (nSPS) is 11.2. The maximum absolute atomic E-state index is 6.11. The van der Waals surface area contributed by atoms with Crippen LogP contribution in [0.5, 0.6) is 0 Å². The van der Waals surface area contributed by atoms with Gasteiger partial charge in [0.25, 0.3) is 0 Å². The van der Waals surface area contributed by atoms with Crippen LogP contribution in [-0.2, 0) is 0 Å². The summed E-state index contributed by atoms with van der Waals surface area (Å²) in [6, 6.07) is 7.60. The average Bonchev–Trinajstić information content (AvgIpc) is 2.77. The summed E-state index contributed by atoms with van der Waals surface area (Å²) >= 11 is 19.2. The standard InChI is InChI=1S/C13H8Cl3N3S/c1-6-2-3-9-10(4-6)18-13(17-9)20-12-8(15)5-7(14)11(16)19-12/h2-5H,1H3,(H,17,18). The quantitative estimate of drug-likeness (QED) is 0.635. The number of rotatable bonds is 2. The van der Waals surface area contributed by atoms with Crippen molar-refractivity contribution in [1.29, 1.82) is 0 Å². The number of hydrogen-bond donors (Lipinski definition) is 1. The Labute approximate surface area is 134 Å². The van der Waals surface area contributed by atoms with Crippen LogP contribution < -0.4 is 0 Å². The summed E-state index contributed by atoms with van der Waals surface area (Å²) in [6.45, 7) is 2.03. The molecule has 0 atom stereocenters. The number of hydrogen-bond acceptors (Lipinski definition) is 3. The van der Waals surface area contributed by atoms with Crippen LogP contribution in [0.2, 0.25) is 15.2 Å². The first-order valence-electron chi connectivity index (χ1n) is 5.69. The summed E-state index contributed by atoms with van der Waals surface area (Å²) in [5, 5.41) is 2.28. The molecule has 0 aliphatic heterocycles. The van der Waals surface area contributed by atoms with E-state index < -0.39 is 0 Å². The van der Waals surface area contributed by atoms with Gasteiger partial charge in [-0.15, -0.1) is 0 Å². The first-order chi connectivity index (χ1) is 9.52. The molecule has 3 rings (SSSR count). The van der Waals surface area contributed by atoms with Crippen molar-refractivity contribution in [2.45, 2.75) is 17.1 Å². The lowest BCUT2D eigenvalue weighted by molar-refractivity contribution is 1.06. The molecule has 0 bridgehead atoms. The number of nitrogens with one attached hydrogen (secondary N) is 1. The third-order valence-corrected chi connectivity index (χ3v) is 4.63. The van der Waals surface area contributed by atoms with Gasteiger partial charge in [-0.3, -0.25) is 0 Å². The van der Waals surface area contributed by atoms with Gasteiger partial charge >= 0.3 is 0 Å². The van der Waals surface area contributed by atoms with Crippen molar-refractivity contribution >= 4 is 57.6 Å². The SMILES string of the molecule is Cc1ccc2nc(Sc3nc(Cl)c(Cl)cc3Cl)[nH]c2c1. The Hall–Kier alpha value is -0.940. The molecule has 0 radical (unpaired) electrons. The van der Waals surface area contributed by atoms with E-state index in [0.29, 0.717) is 20.2 Å². The molecule has 0 aliphatic rings. The molecular weight excluding hydrogens is 337 g/mol. The van der Waals surface area contributed by atoms with Crippen LogP contribution in [0, 0.1) is 6.92 Å². The number of fused-ring (bicyclic) bond motifs is 1. The molecule has 0 unspecified atom stereocenters. The zero-order chi connectivity index (χ0) is 14.3. The molecular formula is C13H8Cl3N3S. The molecule has 2 heterocycles. The number of halogens is 3. The van der Waals surface area contributed by atoms with E-state index in [9.17, 15) is 0 Å². The molecule has 3 aromatic rings. The molecule has 2 aromatic heterocycles. The lowest BCUT2D eigenvalue weighted by Gasteiger charge is -2.02. The lowest BCUT2D eigenvalue weighted by atomic mass is 10.2. The number of nitrogens with zero attached hydrogens (tertiary/aromatic N) is 2. The van der Waals surface area contributed by atoms with Gasteiger partial charge in [0, 0.05) is 0 Å². The smallest absolute Gasteiger partial charge is 0.172 e. The number of pyridine rings is 1. The van der Waals surface area contributed by atoms with Crippen molar-refractivity contribution in [3.8, 4) is 0 Å². The van der Waals surface area contributed by atoms with Crippen LogP contribution in [0.15, 0.2) is 34.4 Å². The highest BCUT2D eigenvalue weighted by atomic mass is 35.5. The van der Waals surface area contributed by atoms with E-state index in [2.05, 4.69) is 15.0 Å². The van der Waals surface area contributed by atoms with Gasteiger partial charge in [-0.1, -0.05) is 40.9 Å². The van der Waals surface area contributed by atoms with Gasteiger partial charge in [0.2, 0.25) is 0 Å². The Kier molecular flexibility index (Phi) is 3.82. The Bertz CT molecular complexity index is 801. The van der Waals surface area contributed by atoms with E-state index in [-0.39, 0.29) is 5.15 Å². The number of aryl methyl sites for hydroxylation is 1. The summed E-state index contributed by atoms with van der Waals surface area (Å²) in [7, 11) is 0. The van der Waals surface area contributed by atoms with Gasteiger partial charge in [0.15, 0.2) is 5.16 Å². The van der Waals surface area contributed by atoms with Crippen molar-refractivity contribution in [3.63, 3.8) is 0 Å². The second-order valence-corrected chi connectivity index (χ2v) is 6.36. The molecule has 0 aliphatic carbocycles. The highest BCUT2D eigenvalue weighted by Crippen LogP contribution is 2.35. The largest absolute Gasteiger partial charge is 0.333 e. The molecule has 0 fully saturated rings. The minimum atomic E-state index is 0.227. The second kappa shape index (κ2) is 5.45. The Morgan fingerprint density at radius 3 is 2.65 bits per heavy atom. The number of benzene rings is 1. The Morgan fingerprint density at radius 1 is 1.05 bits per heavy atom. The van der Waals surface area contributed by atoms with Crippen molar-refractivity contribution in [2.75, 3.05) is 0 Å². The zero-order valence-corrected chi connectivity index (χ0v) is 13.3. The van der Waals surface area contributed by atoms with Crippen LogP contribution in [-0.4, -0.2) is 15.0 Å². The van der Waals surface area contributed by atoms with Crippen LogP contribution in [0.25, 0.3) is 11.0 Å². The Balaban J connectivity index is 1.99. The van der Waals surface area contributed by atoms with Gasteiger partial charge in [-0.2, -0.15) is 0 Å². The molecule has 20 heavy (non-hydrogen) atoms. The molecule has 0 saturated carbocycles. The van der Waals surface area contributed by atoms with Crippen molar-refractivity contribution in [3.05, 3.63) is 45.0 Å². The first kappa shape index (κ1) is 14.0. The molecule has 0 saturated heterocycles. The van der Waals surface area contributed by atoms with E-state index in [1.54, 1.807) is 6.07 Å². The highest BCUT2D eigenvalue weighted by molar-refractivity contribution is 7.99. The maximum Gasteiger partial charge on any atom is 0.172 e. The Morgan fingerprint density at radius 2 is 1.85 bits per heavy atom. The van der Waals surface area contributed by atoms with E-state index in [4.69, 9.17) is 34.8 Å². The topological polar surface area (TPSA) is 41.6 Å². The van der Waals surface area contributed by atoms with Crippen LogP contribution >= 0.6 is 46.6 Å². The van der Waals surface area contributed by atoms with Crippen molar-refractivity contribution in [1.82, 2.24) is 15.0 Å². The average molecular weight is 345 g/mol. The number of imidazole rings is 1. The fraction of sp³-hybridized carbons (Fsp3) is 0.0769. The third kappa shape index (κ3) is 2.74. The van der Waals surface area contributed by atoms with E-state index in [1.165, 1.54) is 17.3 Å². The van der Waals surface area contributed by atoms with Gasteiger partial charge < -0.3 is 4.98 Å². The fourth-order valence-electron chi connectivity index (χ4n) is 1.74. The number of aromatic nitrogens is 3. The lowest BCUT2D eigenvalue weighted by Crippen LogP contribution is -1.85. The molecule has 1 aromatic carbocycles. The van der Waals surface area contributed by atoms with Gasteiger partial charge in [-0.25, -0.2) is 9.97 Å². The fourth-order valence-corrected chi connectivity index (χ4v) is 3.19. The predicted octanol–water partition coefficient (Wildman–Crippen LogP) is 5.38. The van der Waals surface area contributed by atoms with Crippen LogP contribution in [0.4, 0.5) is 0 Å². The van der Waals surface area contributed by atoms with Gasteiger partial charge in [0.05, 0.1) is 21.1 Å². The predicted molar refractivity (Wildman–Crippen MR) is 84.2 cm³/mol. The van der Waals surface area contributed by atoms with Gasteiger partial charge in [-0.05, 0) is 42.4 Å². The van der Waals surface area contributed by atoms with E-state index in [1.807, 2.05) is 25.1 Å². The zero-order valence-electron chi connectivity index (χ0n) is 10.2. The van der Waals surface area contributed by atoms with E-state index >= 15 is 0 Å². The number of H-pyrrole nitrogens is 1. The summed E-state index contributed by atoms with van der Waals surface area (Å²) in [5.74, 6) is 0. The van der Waals surface area contributed by atoms with Crippen molar-refractivity contribution in [2.24, 2.45) is 0 Å². The van der Waals surface area contributed by atoms with Crippen LogP contribution in [0.1, 0.15) is 5.56 Å². The van der Waals surface area contributed by atoms with E-state index in [0.717, 1.165) is 11.0 Å². The minimum absolute atomic E-state index is 0.227. The summed E-state index contributed by atoms with van der Waals surface area (Å²) < 4.78 is 0. The first-order valence-corrected chi connectivity index (χ1v) is 7.64. The summed E-state index contributed by atoms with van der Waals surface area (Å²) in [5.41, 5.74) is 3.04. The van der Waals surface area contributed by atoms with Crippen LogP contribution in [0.3, 0.4) is 0 Å². The summed E-state index contributed by atoms with van der Waals surface area (Å²) in [6.07, 6.45) is 0. The molecule has 3 nitrogen and oxygen atoms in total. The molecule has 1 N–H and O–H groups in total. The third-order valence-electron chi connectivity index (χ3n) is 2.66. The maximum atomic E-state index is 6.11. The molecule has 102 valence electrons. The molecule has 7 heteroatoms. The van der Waals surface area contributed by atoms with Crippen molar-refractivity contribution < 1.29 is 0 Å². The minimum Gasteiger partial charge on any atom is -0.333 e. The monoisotopic (exact) mass is 343 g/mol. The highest BCUT2D eigenvalue weighted by Gasteiger charge is 2.12. The second-order valence-electron chi connectivity index (χ2n) is 4.21. The number of aromatic amines is 1. The molecule has 0 spiro atoms. The molecule has 0 amide bonds. The van der Waals surface area contributed by atoms with Gasteiger partial charge in [0.1, 0.15) is 10.2 Å².